The van der Waals surface area contributed by atoms with E-state index < -0.39 is 23.5 Å². The first-order valence-corrected chi connectivity index (χ1v) is 12.0. The van der Waals surface area contributed by atoms with E-state index in [0.717, 1.165) is 0 Å². The van der Waals surface area contributed by atoms with Crippen LogP contribution in [0.15, 0.2) is 47.3 Å². The summed E-state index contributed by atoms with van der Waals surface area (Å²) in [6.45, 7) is 4.41. The molecule has 37 heavy (non-hydrogen) atoms. The average Bonchev–Trinajstić information content (AvgIpc) is 2.78. The summed E-state index contributed by atoms with van der Waals surface area (Å²) in [5.74, 6) is 0.307. The lowest BCUT2D eigenvalue weighted by molar-refractivity contribution is -0.141. The molecule has 4 rings (SSSR count). The van der Waals surface area contributed by atoms with Crippen LogP contribution in [0, 0.1) is 19.8 Å². The second-order valence-electron chi connectivity index (χ2n) is 9.26. The maximum Gasteiger partial charge on any atom is 0.416 e. The molecule has 11 heteroatoms. The molecule has 1 saturated heterocycles. The fourth-order valence-corrected chi connectivity index (χ4v) is 5.14. The summed E-state index contributed by atoms with van der Waals surface area (Å²) in [4.78, 5) is 18.7. The standard InChI is InChI=1S/C26H24ClF6N3O/c1-15-11-24(37)36(16(2)34-15)20-4-6-23(22(27)14-20)35-9-7-17(8-10-35)12-18-13-19(25(28,29)30)3-5-21(18)26(31,32)33/h3-6,11,13-14,17H,7-10,12H2,1-2H3. The largest absolute Gasteiger partial charge is 0.416 e. The van der Waals surface area contributed by atoms with Crippen molar-refractivity contribution in [1.82, 2.24) is 9.55 Å². The molecule has 3 aromatic rings. The van der Waals surface area contributed by atoms with Crippen LogP contribution >= 0.6 is 11.6 Å². The van der Waals surface area contributed by atoms with Crippen LogP contribution in [0.25, 0.3) is 5.69 Å². The highest BCUT2D eigenvalue weighted by Gasteiger charge is 2.37. The van der Waals surface area contributed by atoms with Crippen molar-refractivity contribution in [2.75, 3.05) is 18.0 Å². The predicted octanol–water partition coefficient (Wildman–Crippen LogP) is 7.00. The van der Waals surface area contributed by atoms with E-state index in [1.165, 1.54) is 10.6 Å². The van der Waals surface area contributed by atoms with Gasteiger partial charge in [0.05, 0.1) is 27.5 Å². The zero-order valence-corrected chi connectivity index (χ0v) is 20.8. The lowest BCUT2D eigenvalue weighted by atomic mass is 9.87. The zero-order chi connectivity index (χ0) is 27.1. The molecule has 1 aliphatic heterocycles. The molecule has 0 N–H and O–H groups in total. The van der Waals surface area contributed by atoms with Crippen LogP contribution in [0.4, 0.5) is 32.0 Å². The van der Waals surface area contributed by atoms with Crippen molar-refractivity contribution in [3.63, 3.8) is 0 Å². The third-order valence-electron chi connectivity index (χ3n) is 6.61. The first-order chi connectivity index (χ1) is 17.2. The number of aryl methyl sites for hydroxylation is 2. The monoisotopic (exact) mass is 543 g/mol. The van der Waals surface area contributed by atoms with Gasteiger partial charge >= 0.3 is 12.4 Å². The second-order valence-corrected chi connectivity index (χ2v) is 9.66. The molecule has 0 saturated carbocycles. The number of alkyl halides is 6. The maximum atomic E-state index is 13.5. The van der Waals surface area contributed by atoms with E-state index in [2.05, 4.69) is 4.98 Å². The fourth-order valence-electron chi connectivity index (χ4n) is 4.85. The van der Waals surface area contributed by atoms with Crippen LogP contribution in [0.1, 0.15) is 41.1 Å². The minimum Gasteiger partial charge on any atom is -0.370 e. The topological polar surface area (TPSA) is 38.1 Å². The lowest BCUT2D eigenvalue weighted by Crippen LogP contribution is -2.34. The smallest absolute Gasteiger partial charge is 0.370 e. The Morgan fingerprint density at radius 2 is 1.62 bits per heavy atom. The van der Waals surface area contributed by atoms with Crippen LogP contribution in [0.3, 0.4) is 0 Å². The number of hydrogen-bond donors (Lipinski definition) is 0. The van der Waals surface area contributed by atoms with E-state index in [4.69, 9.17) is 11.6 Å². The van der Waals surface area contributed by atoms with Crippen molar-refractivity contribution >= 4 is 17.3 Å². The Morgan fingerprint density at radius 3 is 2.19 bits per heavy atom. The van der Waals surface area contributed by atoms with Crippen molar-refractivity contribution in [2.45, 2.75) is 45.5 Å². The summed E-state index contributed by atoms with van der Waals surface area (Å²) in [5, 5.41) is 0.403. The highest BCUT2D eigenvalue weighted by atomic mass is 35.5. The molecule has 0 aliphatic carbocycles. The molecular weight excluding hydrogens is 520 g/mol. The van der Waals surface area contributed by atoms with Crippen molar-refractivity contribution in [3.8, 4) is 5.69 Å². The van der Waals surface area contributed by atoms with Gasteiger partial charge in [0, 0.05) is 24.8 Å². The Labute approximate surface area is 214 Å². The zero-order valence-electron chi connectivity index (χ0n) is 20.0. The SMILES string of the molecule is Cc1cc(=O)n(-c2ccc(N3CCC(Cc4cc(C(F)(F)F)ccc4C(F)(F)F)CC3)c(Cl)c2)c(C)n1. The van der Waals surface area contributed by atoms with Gasteiger partial charge in [-0.1, -0.05) is 11.6 Å². The van der Waals surface area contributed by atoms with Crippen LogP contribution in [0.2, 0.25) is 5.02 Å². The van der Waals surface area contributed by atoms with Crippen molar-refractivity contribution in [2.24, 2.45) is 5.92 Å². The van der Waals surface area contributed by atoms with Crippen LogP contribution in [-0.2, 0) is 18.8 Å². The normalized spacial score (nSPS) is 15.3. The molecule has 2 aromatic carbocycles. The van der Waals surface area contributed by atoms with Crippen molar-refractivity contribution < 1.29 is 26.3 Å². The molecule has 0 spiro atoms. The minimum absolute atomic E-state index is 0.0953. The van der Waals surface area contributed by atoms with Crippen LogP contribution in [0.5, 0.6) is 0 Å². The first kappa shape index (κ1) is 27.0. The van der Waals surface area contributed by atoms with E-state index in [1.54, 1.807) is 32.0 Å². The van der Waals surface area contributed by atoms with Gasteiger partial charge in [-0.3, -0.25) is 9.36 Å². The number of aromatic nitrogens is 2. The Balaban J connectivity index is 1.50. The molecule has 0 amide bonds. The first-order valence-electron chi connectivity index (χ1n) is 11.6. The maximum absolute atomic E-state index is 13.5. The number of rotatable bonds is 4. The molecule has 0 unspecified atom stereocenters. The van der Waals surface area contributed by atoms with Gasteiger partial charge in [-0.2, -0.15) is 26.3 Å². The van der Waals surface area contributed by atoms with Gasteiger partial charge in [0.15, 0.2) is 0 Å². The lowest BCUT2D eigenvalue weighted by Gasteiger charge is -2.34. The van der Waals surface area contributed by atoms with Gasteiger partial charge < -0.3 is 4.90 Å². The van der Waals surface area contributed by atoms with Crippen LogP contribution in [-0.4, -0.2) is 22.6 Å². The summed E-state index contributed by atoms with van der Waals surface area (Å²) < 4.78 is 81.2. The third kappa shape index (κ3) is 5.95. The number of piperidine rings is 1. The van der Waals surface area contributed by atoms with E-state index in [1.807, 2.05) is 4.90 Å². The number of nitrogens with zero attached hydrogens (tertiary/aromatic N) is 3. The van der Waals surface area contributed by atoms with Gasteiger partial charge in [-0.15, -0.1) is 0 Å². The molecule has 0 radical (unpaired) electrons. The Kier molecular flexibility index (Phi) is 7.34. The highest BCUT2D eigenvalue weighted by Crippen LogP contribution is 2.39. The Hall–Kier alpha value is -3.01. The van der Waals surface area contributed by atoms with Gasteiger partial charge in [-0.25, -0.2) is 4.98 Å². The average molecular weight is 544 g/mol. The summed E-state index contributed by atoms with van der Waals surface area (Å²) in [5.41, 5.74) is -0.807. The van der Waals surface area contributed by atoms with Gasteiger partial charge in [0.25, 0.3) is 5.56 Å². The Bertz CT molecular complexity index is 1360. The molecule has 1 aromatic heterocycles. The predicted molar refractivity (Wildman–Crippen MR) is 129 cm³/mol. The number of halogens is 7. The van der Waals surface area contributed by atoms with Gasteiger partial charge in [0.1, 0.15) is 5.82 Å². The summed E-state index contributed by atoms with van der Waals surface area (Å²) in [6, 6.07) is 8.22. The summed E-state index contributed by atoms with van der Waals surface area (Å²) in [6.07, 6.45) is -8.56. The molecule has 1 aliphatic rings. The van der Waals surface area contributed by atoms with Crippen molar-refractivity contribution in [1.29, 1.82) is 0 Å². The molecule has 1 fully saturated rings. The molecule has 0 bridgehead atoms. The number of hydrogen-bond acceptors (Lipinski definition) is 3. The molecule has 198 valence electrons. The summed E-state index contributed by atoms with van der Waals surface area (Å²) >= 11 is 6.54. The molecule has 2 heterocycles. The van der Waals surface area contributed by atoms with Crippen molar-refractivity contribution in [3.05, 3.63) is 86.0 Å². The van der Waals surface area contributed by atoms with Gasteiger partial charge in [0.2, 0.25) is 0 Å². The third-order valence-corrected chi connectivity index (χ3v) is 6.91. The van der Waals surface area contributed by atoms with Gasteiger partial charge in [-0.05, 0) is 81.0 Å². The second kappa shape index (κ2) is 10.0. The Morgan fingerprint density at radius 1 is 0.946 bits per heavy atom. The molecular formula is C26H24ClF6N3O. The fraction of sp³-hybridized carbons (Fsp3) is 0.385. The number of anilines is 1. The van der Waals surface area contributed by atoms with E-state index in [0.29, 0.717) is 72.0 Å². The van der Waals surface area contributed by atoms with Crippen LogP contribution < -0.4 is 10.5 Å². The van der Waals surface area contributed by atoms with E-state index >= 15 is 0 Å². The highest BCUT2D eigenvalue weighted by molar-refractivity contribution is 6.33. The quantitative estimate of drug-likeness (QED) is 0.333. The number of benzene rings is 2. The molecule has 4 nitrogen and oxygen atoms in total. The van der Waals surface area contributed by atoms with E-state index in [-0.39, 0.29) is 23.5 Å². The summed E-state index contributed by atoms with van der Waals surface area (Å²) in [7, 11) is 0. The van der Waals surface area contributed by atoms with E-state index in [9.17, 15) is 31.1 Å². The molecule has 0 atom stereocenters. The minimum atomic E-state index is -4.73.